The molecule has 0 unspecified atom stereocenters. The molecule has 1 heterocycles. The van der Waals surface area contributed by atoms with E-state index in [1.165, 1.54) is 12.3 Å². The van der Waals surface area contributed by atoms with Gasteiger partial charge >= 0.3 is 6.18 Å². The summed E-state index contributed by atoms with van der Waals surface area (Å²) in [5.74, 6) is 0. The lowest BCUT2D eigenvalue weighted by molar-refractivity contribution is -0.137. The zero-order chi connectivity index (χ0) is 18.9. The Balaban J connectivity index is 1.90. The van der Waals surface area contributed by atoms with Gasteiger partial charge in [0.25, 0.3) is 5.16 Å². The Hall–Kier alpha value is -2.81. The first-order chi connectivity index (χ1) is 12.1. The summed E-state index contributed by atoms with van der Waals surface area (Å²) in [6.07, 6.45) is -2.14. The molecule has 0 atom stereocenters. The smallest absolute Gasteiger partial charge is 0.223 e. The Morgan fingerprint density at radius 2 is 1.54 bits per heavy atom. The van der Waals surface area contributed by atoms with E-state index in [2.05, 4.69) is 15.2 Å². The highest BCUT2D eigenvalue weighted by atomic mass is 32.2. The van der Waals surface area contributed by atoms with E-state index in [0.29, 0.717) is 22.4 Å². The van der Waals surface area contributed by atoms with E-state index in [0.717, 1.165) is 18.4 Å². The van der Waals surface area contributed by atoms with Crippen LogP contribution in [0.4, 0.5) is 13.2 Å². The molecule has 0 aliphatic heterocycles. The highest BCUT2D eigenvalue weighted by Crippen LogP contribution is 2.32. The van der Waals surface area contributed by atoms with Crippen LogP contribution in [0.2, 0.25) is 0 Å². The minimum Gasteiger partial charge on any atom is -0.223 e. The fraction of sp³-hybridized carbons (Fsp3) is 0.118. The van der Waals surface area contributed by atoms with Crippen molar-refractivity contribution in [2.45, 2.75) is 11.3 Å². The number of sulfone groups is 1. The zero-order valence-corrected chi connectivity index (χ0v) is 14.2. The molecule has 0 N–H and O–H groups in total. The van der Waals surface area contributed by atoms with Crippen molar-refractivity contribution < 1.29 is 21.6 Å². The van der Waals surface area contributed by atoms with Gasteiger partial charge in [-0.15, -0.1) is 10.2 Å². The second-order valence-electron chi connectivity index (χ2n) is 5.55. The van der Waals surface area contributed by atoms with E-state index in [9.17, 15) is 21.6 Å². The van der Waals surface area contributed by atoms with Crippen molar-refractivity contribution in [2.75, 3.05) is 6.26 Å². The number of hydrogen-bond donors (Lipinski definition) is 0. The summed E-state index contributed by atoms with van der Waals surface area (Å²) in [6.45, 7) is 0. The maximum Gasteiger partial charge on any atom is 0.416 e. The second kappa shape index (κ2) is 6.49. The zero-order valence-electron chi connectivity index (χ0n) is 13.4. The van der Waals surface area contributed by atoms with Gasteiger partial charge in [-0.05, 0) is 23.3 Å². The van der Waals surface area contributed by atoms with Gasteiger partial charge in [0.2, 0.25) is 9.84 Å². The number of aromatic nitrogens is 3. The van der Waals surface area contributed by atoms with Gasteiger partial charge in [0.1, 0.15) is 5.69 Å². The molecule has 1 aromatic heterocycles. The van der Waals surface area contributed by atoms with Crippen molar-refractivity contribution >= 4 is 9.84 Å². The first-order valence-electron chi connectivity index (χ1n) is 7.32. The van der Waals surface area contributed by atoms with Gasteiger partial charge in [-0.3, -0.25) is 0 Å². The van der Waals surface area contributed by atoms with Gasteiger partial charge in [0.05, 0.1) is 11.8 Å². The minimum atomic E-state index is -4.40. The maximum atomic E-state index is 12.8. The molecule has 0 saturated heterocycles. The third kappa shape index (κ3) is 3.88. The molecule has 5 nitrogen and oxygen atoms in total. The average molecular weight is 379 g/mol. The van der Waals surface area contributed by atoms with Crippen LogP contribution in [0, 0.1) is 0 Å². The lowest BCUT2D eigenvalue weighted by atomic mass is 10.0. The molecule has 0 radical (unpaired) electrons. The summed E-state index contributed by atoms with van der Waals surface area (Å²) >= 11 is 0. The highest BCUT2D eigenvalue weighted by Gasteiger charge is 2.30. The molecule has 3 aromatic rings. The van der Waals surface area contributed by atoms with Crippen molar-refractivity contribution in [1.29, 1.82) is 0 Å². The summed E-state index contributed by atoms with van der Waals surface area (Å²) in [6, 6.07) is 11.6. The number of alkyl halides is 3. The summed E-state index contributed by atoms with van der Waals surface area (Å²) in [4.78, 5) is 3.76. The molecule has 0 amide bonds. The normalized spacial score (nSPS) is 12.2. The van der Waals surface area contributed by atoms with E-state index in [-0.39, 0.29) is 5.16 Å². The predicted molar refractivity (Wildman–Crippen MR) is 88.8 cm³/mol. The third-order valence-corrected chi connectivity index (χ3v) is 4.43. The Labute approximate surface area is 147 Å². The molecule has 0 bridgehead atoms. The van der Waals surface area contributed by atoms with Gasteiger partial charge in [-0.1, -0.05) is 36.4 Å². The molecular weight excluding hydrogens is 367 g/mol. The molecule has 0 spiro atoms. The number of hydrogen-bond acceptors (Lipinski definition) is 5. The maximum absolute atomic E-state index is 12.8. The molecule has 0 aliphatic rings. The third-order valence-electron chi connectivity index (χ3n) is 3.58. The van der Waals surface area contributed by atoms with Crippen molar-refractivity contribution in [1.82, 2.24) is 15.2 Å². The Bertz CT molecular complexity index is 1030. The van der Waals surface area contributed by atoms with E-state index in [4.69, 9.17) is 0 Å². The molecule has 0 saturated carbocycles. The highest BCUT2D eigenvalue weighted by molar-refractivity contribution is 7.90. The van der Waals surface area contributed by atoms with E-state index < -0.39 is 21.6 Å². The molecule has 26 heavy (non-hydrogen) atoms. The van der Waals surface area contributed by atoms with Gasteiger partial charge in [-0.2, -0.15) is 13.2 Å². The van der Waals surface area contributed by atoms with Crippen molar-refractivity contribution in [3.05, 3.63) is 60.3 Å². The fourth-order valence-electron chi connectivity index (χ4n) is 2.28. The van der Waals surface area contributed by atoms with Crippen LogP contribution in [-0.2, 0) is 16.0 Å². The summed E-state index contributed by atoms with van der Waals surface area (Å²) in [5.41, 5.74) is 1.29. The fourth-order valence-corrected chi connectivity index (χ4v) is 2.71. The van der Waals surface area contributed by atoms with Gasteiger partial charge in [0.15, 0.2) is 0 Å². The van der Waals surface area contributed by atoms with Crippen LogP contribution in [0.3, 0.4) is 0 Å². The van der Waals surface area contributed by atoms with Crippen LogP contribution < -0.4 is 0 Å². The largest absolute Gasteiger partial charge is 0.416 e. The van der Waals surface area contributed by atoms with Crippen molar-refractivity contribution in [2.24, 2.45) is 0 Å². The number of nitrogens with zero attached hydrogens (tertiary/aromatic N) is 3. The van der Waals surface area contributed by atoms with Crippen LogP contribution >= 0.6 is 0 Å². The average Bonchev–Trinajstić information content (AvgIpc) is 2.61. The molecule has 134 valence electrons. The standard InChI is InChI=1S/C17H12F3N3O2S/c1-26(24,25)16-21-10-15(22-23-16)12-7-5-11(6-8-12)13-3-2-4-14(9-13)17(18,19)20/h2-10H,1H3. The van der Waals surface area contributed by atoms with E-state index in [1.807, 2.05) is 0 Å². The summed E-state index contributed by atoms with van der Waals surface area (Å²) in [7, 11) is -3.54. The summed E-state index contributed by atoms with van der Waals surface area (Å²) < 4.78 is 61.1. The van der Waals surface area contributed by atoms with Crippen LogP contribution in [0.5, 0.6) is 0 Å². The molecule has 0 fully saturated rings. The minimum absolute atomic E-state index is 0.355. The first kappa shape index (κ1) is 18.0. The number of benzene rings is 2. The van der Waals surface area contributed by atoms with Crippen LogP contribution in [0.15, 0.2) is 59.9 Å². The van der Waals surface area contributed by atoms with Gasteiger partial charge in [-0.25, -0.2) is 13.4 Å². The second-order valence-corrected chi connectivity index (χ2v) is 7.46. The topological polar surface area (TPSA) is 72.8 Å². The van der Waals surface area contributed by atoms with Gasteiger partial charge in [0, 0.05) is 11.8 Å². The number of halogens is 3. The van der Waals surface area contributed by atoms with E-state index >= 15 is 0 Å². The summed E-state index contributed by atoms with van der Waals surface area (Å²) in [5, 5.41) is 7.02. The Morgan fingerprint density at radius 1 is 0.885 bits per heavy atom. The molecule has 9 heteroatoms. The van der Waals surface area contributed by atoms with Crippen LogP contribution in [-0.4, -0.2) is 29.9 Å². The SMILES string of the molecule is CS(=O)(=O)c1ncc(-c2ccc(-c3cccc(C(F)(F)F)c3)cc2)nn1. The predicted octanol–water partition coefficient (Wildman–Crippen LogP) is 3.63. The first-order valence-corrected chi connectivity index (χ1v) is 9.21. The van der Waals surface area contributed by atoms with Crippen LogP contribution in [0.25, 0.3) is 22.4 Å². The lowest BCUT2D eigenvalue weighted by Crippen LogP contribution is -2.05. The molecule has 3 rings (SSSR count). The number of rotatable bonds is 3. The Morgan fingerprint density at radius 3 is 2.08 bits per heavy atom. The molecular formula is C17H12F3N3O2S. The molecule has 0 aliphatic carbocycles. The Kier molecular flexibility index (Phi) is 4.49. The quantitative estimate of drug-likeness (QED) is 0.695. The molecule has 2 aromatic carbocycles. The lowest BCUT2D eigenvalue weighted by Gasteiger charge is -2.09. The van der Waals surface area contributed by atoms with E-state index in [1.54, 1.807) is 30.3 Å². The van der Waals surface area contributed by atoms with Crippen molar-refractivity contribution in [3.8, 4) is 22.4 Å². The van der Waals surface area contributed by atoms with Crippen LogP contribution in [0.1, 0.15) is 5.56 Å². The monoisotopic (exact) mass is 379 g/mol. The van der Waals surface area contributed by atoms with Crippen molar-refractivity contribution in [3.63, 3.8) is 0 Å². The van der Waals surface area contributed by atoms with Gasteiger partial charge < -0.3 is 0 Å².